The summed E-state index contributed by atoms with van der Waals surface area (Å²) in [6, 6.07) is 16.1. The monoisotopic (exact) mass is 350 g/mol. The lowest BCUT2D eigenvalue weighted by Crippen LogP contribution is -2.30. The van der Waals surface area contributed by atoms with Crippen molar-refractivity contribution in [2.24, 2.45) is 0 Å². The molecule has 0 unspecified atom stereocenters. The highest BCUT2D eigenvalue weighted by molar-refractivity contribution is 5.93. The molecule has 1 fully saturated rings. The van der Waals surface area contributed by atoms with Gasteiger partial charge in [-0.3, -0.25) is 4.79 Å². The zero-order valence-corrected chi connectivity index (χ0v) is 14.5. The fourth-order valence-electron chi connectivity index (χ4n) is 3.55. The molecular formula is C21H19FN2O2. The molecule has 1 aliphatic rings. The summed E-state index contributed by atoms with van der Waals surface area (Å²) < 4.78 is 19.2. The van der Waals surface area contributed by atoms with Gasteiger partial charge in [-0.15, -0.1) is 0 Å². The van der Waals surface area contributed by atoms with Crippen LogP contribution < -0.4 is 0 Å². The number of likely N-dealkylation sites (tertiary alicyclic amines) is 1. The minimum Gasteiger partial charge on any atom is -0.350 e. The van der Waals surface area contributed by atoms with Gasteiger partial charge in [-0.2, -0.15) is 0 Å². The minimum absolute atomic E-state index is 0.0319. The van der Waals surface area contributed by atoms with Crippen LogP contribution in [0.15, 0.2) is 59.1 Å². The second-order valence-electron chi connectivity index (χ2n) is 6.63. The van der Waals surface area contributed by atoms with Crippen molar-refractivity contribution >= 4 is 5.91 Å². The molecule has 1 aliphatic heterocycles. The molecule has 1 amide bonds. The van der Waals surface area contributed by atoms with Gasteiger partial charge in [-0.25, -0.2) is 4.39 Å². The van der Waals surface area contributed by atoms with E-state index < -0.39 is 5.82 Å². The lowest BCUT2D eigenvalue weighted by molar-refractivity contribution is 0.0693. The normalized spacial score (nSPS) is 16.8. The molecule has 26 heavy (non-hydrogen) atoms. The van der Waals surface area contributed by atoms with Crippen LogP contribution in [0, 0.1) is 12.7 Å². The molecule has 0 radical (unpaired) electrons. The van der Waals surface area contributed by atoms with Gasteiger partial charge in [0.1, 0.15) is 11.5 Å². The van der Waals surface area contributed by atoms with E-state index in [2.05, 4.69) is 17.3 Å². The van der Waals surface area contributed by atoms with Crippen LogP contribution in [0.4, 0.5) is 4.39 Å². The Kier molecular flexibility index (Phi) is 4.29. The first-order chi connectivity index (χ1) is 12.6. The molecule has 132 valence electrons. The maximum absolute atomic E-state index is 13.9. The molecule has 2 heterocycles. The van der Waals surface area contributed by atoms with Crippen LogP contribution in [0.2, 0.25) is 0 Å². The van der Waals surface area contributed by atoms with Crippen molar-refractivity contribution in [1.82, 2.24) is 10.1 Å². The Labute approximate surface area is 151 Å². The van der Waals surface area contributed by atoms with Gasteiger partial charge in [0.05, 0.1) is 6.04 Å². The Morgan fingerprint density at radius 2 is 2.04 bits per heavy atom. The van der Waals surface area contributed by atoms with Gasteiger partial charge in [0.2, 0.25) is 5.76 Å². The molecule has 0 bridgehead atoms. The van der Waals surface area contributed by atoms with Crippen LogP contribution in [-0.4, -0.2) is 22.5 Å². The summed E-state index contributed by atoms with van der Waals surface area (Å²) in [4.78, 5) is 14.8. The maximum Gasteiger partial charge on any atom is 0.292 e. The number of hydrogen-bond donors (Lipinski definition) is 0. The van der Waals surface area contributed by atoms with Crippen molar-refractivity contribution in [3.63, 3.8) is 0 Å². The zero-order chi connectivity index (χ0) is 18.1. The van der Waals surface area contributed by atoms with Gasteiger partial charge < -0.3 is 9.42 Å². The van der Waals surface area contributed by atoms with Crippen molar-refractivity contribution in [3.05, 3.63) is 77.3 Å². The molecule has 0 aliphatic carbocycles. The van der Waals surface area contributed by atoms with Crippen LogP contribution in [0.25, 0.3) is 11.3 Å². The Bertz CT molecular complexity index is 950. The van der Waals surface area contributed by atoms with Gasteiger partial charge in [0.25, 0.3) is 5.91 Å². The number of rotatable bonds is 3. The van der Waals surface area contributed by atoms with E-state index in [1.54, 1.807) is 18.2 Å². The maximum atomic E-state index is 13.9. The molecule has 0 saturated carbocycles. The summed E-state index contributed by atoms with van der Waals surface area (Å²) >= 11 is 0. The number of nitrogens with zero attached hydrogens (tertiary/aromatic N) is 2. The third-order valence-electron chi connectivity index (χ3n) is 4.81. The molecule has 1 aromatic heterocycles. The number of aryl methyl sites for hydroxylation is 1. The number of hydrogen-bond acceptors (Lipinski definition) is 3. The molecular weight excluding hydrogens is 331 g/mol. The first-order valence-corrected chi connectivity index (χ1v) is 8.72. The van der Waals surface area contributed by atoms with Crippen molar-refractivity contribution < 1.29 is 13.7 Å². The number of carbonyl (C=O) groups excluding carboxylic acids is 1. The average molecular weight is 350 g/mol. The van der Waals surface area contributed by atoms with E-state index in [1.807, 2.05) is 24.0 Å². The third-order valence-corrected chi connectivity index (χ3v) is 4.81. The second-order valence-corrected chi connectivity index (χ2v) is 6.63. The highest BCUT2D eigenvalue weighted by Crippen LogP contribution is 2.34. The SMILES string of the molecule is Cc1cccc([C@@H]2CCCN2C(=O)c2cc(-c3ccccc3F)no2)c1. The predicted molar refractivity (Wildman–Crippen MR) is 96.1 cm³/mol. The fourth-order valence-corrected chi connectivity index (χ4v) is 3.55. The minimum atomic E-state index is -0.390. The van der Waals surface area contributed by atoms with Crippen LogP contribution in [-0.2, 0) is 0 Å². The van der Waals surface area contributed by atoms with E-state index in [-0.39, 0.29) is 17.7 Å². The average Bonchev–Trinajstić information content (AvgIpc) is 3.31. The van der Waals surface area contributed by atoms with Crippen LogP contribution in [0.1, 0.15) is 40.6 Å². The second kappa shape index (κ2) is 6.75. The lowest BCUT2D eigenvalue weighted by Gasteiger charge is -2.24. The van der Waals surface area contributed by atoms with Gasteiger partial charge in [0.15, 0.2) is 0 Å². The van der Waals surface area contributed by atoms with E-state index in [0.29, 0.717) is 17.8 Å². The standard InChI is InChI=1S/C21H19FN2O2/c1-14-6-4-7-15(12-14)19-10-5-11-24(19)21(25)20-13-18(23-26-20)16-8-2-3-9-17(16)22/h2-4,6-9,12-13,19H,5,10-11H2,1H3/t19-/m0/s1. The third kappa shape index (κ3) is 3.01. The highest BCUT2D eigenvalue weighted by atomic mass is 19.1. The summed E-state index contributed by atoms with van der Waals surface area (Å²) in [6.45, 7) is 2.72. The van der Waals surface area contributed by atoms with E-state index in [4.69, 9.17) is 4.52 Å². The topological polar surface area (TPSA) is 46.3 Å². The molecule has 1 saturated heterocycles. The van der Waals surface area contributed by atoms with Crippen molar-refractivity contribution in [1.29, 1.82) is 0 Å². The Balaban J connectivity index is 1.60. The molecule has 1 atom stereocenters. The lowest BCUT2D eigenvalue weighted by atomic mass is 10.0. The van der Waals surface area contributed by atoms with Crippen LogP contribution in [0.3, 0.4) is 0 Å². The summed E-state index contributed by atoms with van der Waals surface area (Å²) in [5, 5.41) is 3.89. The van der Waals surface area contributed by atoms with Crippen molar-refractivity contribution in [2.45, 2.75) is 25.8 Å². The smallest absolute Gasteiger partial charge is 0.292 e. The Morgan fingerprint density at radius 3 is 2.85 bits per heavy atom. The summed E-state index contributed by atoms with van der Waals surface area (Å²) in [7, 11) is 0. The molecule has 5 heteroatoms. The Morgan fingerprint density at radius 1 is 1.19 bits per heavy atom. The van der Waals surface area contributed by atoms with Crippen molar-refractivity contribution in [3.8, 4) is 11.3 Å². The number of benzene rings is 2. The molecule has 3 aromatic rings. The van der Waals surface area contributed by atoms with Gasteiger partial charge >= 0.3 is 0 Å². The fraction of sp³-hybridized carbons (Fsp3) is 0.238. The quantitative estimate of drug-likeness (QED) is 0.684. The summed E-state index contributed by atoms with van der Waals surface area (Å²) in [5.74, 6) is -0.453. The number of aromatic nitrogens is 1. The number of halogens is 1. The molecule has 2 aromatic carbocycles. The van der Waals surface area contributed by atoms with E-state index in [1.165, 1.54) is 17.7 Å². The number of carbonyl (C=O) groups is 1. The first kappa shape index (κ1) is 16.5. The van der Waals surface area contributed by atoms with Crippen LogP contribution in [0.5, 0.6) is 0 Å². The first-order valence-electron chi connectivity index (χ1n) is 8.72. The van der Waals surface area contributed by atoms with E-state index in [0.717, 1.165) is 18.4 Å². The molecule has 0 spiro atoms. The van der Waals surface area contributed by atoms with Gasteiger partial charge in [-0.1, -0.05) is 47.1 Å². The Hall–Kier alpha value is -2.95. The molecule has 0 N–H and O–H groups in total. The summed E-state index contributed by atoms with van der Waals surface area (Å²) in [6.07, 6.45) is 1.86. The van der Waals surface area contributed by atoms with E-state index >= 15 is 0 Å². The zero-order valence-electron chi connectivity index (χ0n) is 14.5. The van der Waals surface area contributed by atoms with Crippen LogP contribution >= 0.6 is 0 Å². The largest absolute Gasteiger partial charge is 0.350 e. The molecule has 4 nitrogen and oxygen atoms in total. The summed E-state index contributed by atoms with van der Waals surface area (Å²) in [5.41, 5.74) is 2.96. The molecule has 4 rings (SSSR count). The predicted octanol–water partition coefficient (Wildman–Crippen LogP) is 4.77. The van der Waals surface area contributed by atoms with Gasteiger partial charge in [-0.05, 0) is 37.5 Å². The highest BCUT2D eigenvalue weighted by Gasteiger charge is 2.32. The number of amides is 1. The van der Waals surface area contributed by atoms with Crippen molar-refractivity contribution in [2.75, 3.05) is 6.54 Å². The van der Waals surface area contributed by atoms with E-state index in [9.17, 15) is 9.18 Å². The van der Waals surface area contributed by atoms with Gasteiger partial charge in [0, 0.05) is 18.2 Å².